The Labute approximate surface area is 96.8 Å². The van der Waals surface area contributed by atoms with Gasteiger partial charge in [0.15, 0.2) is 5.82 Å². The van der Waals surface area contributed by atoms with Crippen molar-refractivity contribution in [1.82, 2.24) is 15.5 Å². The van der Waals surface area contributed by atoms with Crippen molar-refractivity contribution in [1.29, 1.82) is 0 Å². The van der Waals surface area contributed by atoms with Crippen LogP contribution in [0.2, 0.25) is 0 Å². The first kappa shape index (κ1) is 11.6. The number of hydrogen-bond acceptors (Lipinski definition) is 4. The lowest BCUT2D eigenvalue weighted by Crippen LogP contribution is -2.30. The third kappa shape index (κ3) is 3.30. The molecule has 1 aliphatic heterocycles. The van der Waals surface area contributed by atoms with Gasteiger partial charge in [0.2, 0.25) is 5.89 Å². The minimum absolute atomic E-state index is 0.585. The van der Waals surface area contributed by atoms with E-state index in [1.54, 1.807) is 0 Å². The highest BCUT2D eigenvalue weighted by Crippen LogP contribution is 2.15. The van der Waals surface area contributed by atoms with Gasteiger partial charge in [-0.25, -0.2) is 0 Å². The van der Waals surface area contributed by atoms with Crippen LogP contribution in [0, 0.1) is 11.8 Å². The number of nitrogens with one attached hydrogen (secondary N) is 1. The fourth-order valence-electron chi connectivity index (χ4n) is 2.17. The monoisotopic (exact) mass is 223 g/mol. The van der Waals surface area contributed by atoms with Crippen LogP contribution in [-0.4, -0.2) is 23.2 Å². The van der Waals surface area contributed by atoms with Gasteiger partial charge < -0.3 is 9.84 Å². The standard InChI is InChI=1S/C12H21N3O/c1-9(2)6-11-14-12(16-15-11)7-10-4-3-5-13-8-10/h9-10,13H,3-8H2,1-2H3. The first-order valence-electron chi connectivity index (χ1n) is 6.26. The average Bonchev–Trinajstić information content (AvgIpc) is 2.66. The van der Waals surface area contributed by atoms with Crippen molar-refractivity contribution in [3.8, 4) is 0 Å². The summed E-state index contributed by atoms with van der Waals surface area (Å²) in [5.41, 5.74) is 0. The fraction of sp³-hybridized carbons (Fsp3) is 0.833. The van der Waals surface area contributed by atoms with Crippen molar-refractivity contribution in [3.05, 3.63) is 11.7 Å². The lowest BCUT2D eigenvalue weighted by atomic mass is 9.96. The summed E-state index contributed by atoms with van der Waals surface area (Å²) < 4.78 is 5.28. The summed E-state index contributed by atoms with van der Waals surface area (Å²) in [4.78, 5) is 4.44. The molecule has 2 heterocycles. The van der Waals surface area contributed by atoms with Crippen LogP contribution in [0.4, 0.5) is 0 Å². The second kappa shape index (κ2) is 5.43. The minimum Gasteiger partial charge on any atom is -0.339 e. The van der Waals surface area contributed by atoms with E-state index >= 15 is 0 Å². The van der Waals surface area contributed by atoms with Gasteiger partial charge in [0.25, 0.3) is 0 Å². The second-order valence-electron chi connectivity index (χ2n) is 5.12. The molecule has 0 aliphatic carbocycles. The fourth-order valence-corrected chi connectivity index (χ4v) is 2.17. The third-order valence-electron chi connectivity index (χ3n) is 2.96. The van der Waals surface area contributed by atoms with E-state index in [0.29, 0.717) is 11.8 Å². The maximum Gasteiger partial charge on any atom is 0.226 e. The molecule has 0 radical (unpaired) electrons. The zero-order valence-electron chi connectivity index (χ0n) is 10.2. The third-order valence-corrected chi connectivity index (χ3v) is 2.96. The molecule has 1 unspecified atom stereocenters. The number of rotatable bonds is 4. The molecule has 4 heteroatoms. The number of hydrogen-bond donors (Lipinski definition) is 1. The number of aromatic nitrogens is 2. The van der Waals surface area contributed by atoms with Gasteiger partial charge in [-0.05, 0) is 37.8 Å². The lowest BCUT2D eigenvalue weighted by Gasteiger charge is -2.20. The Bertz CT molecular complexity index is 316. The first-order valence-corrected chi connectivity index (χ1v) is 6.26. The normalized spacial score (nSPS) is 21.6. The zero-order chi connectivity index (χ0) is 11.4. The predicted molar refractivity (Wildman–Crippen MR) is 62.1 cm³/mol. The van der Waals surface area contributed by atoms with E-state index in [1.807, 2.05) is 0 Å². The molecule has 1 aromatic heterocycles. The highest BCUT2D eigenvalue weighted by atomic mass is 16.5. The summed E-state index contributed by atoms with van der Waals surface area (Å²) in [7, 11) is 0. The SMILES string of the molecule is CC(C)Cc1noc(CC2CCCNC2)n1. The average molecular weight is 223 g/mol. The van der Waals surface area contributed by atoms with Gasteiger partial charge >= 0.3 is 0 Å². The van der Waals surface area contributed by atoms with E-state index in [4.69, 9.17) is 4.52 Å². The van der Waals surface area contributed by atoms with Crippen molar-refractivity contribution in [3.63, 3.8) is 0 Å². The minimum atomic E-state index is 0.585. The van der Waals surface area contributed by atoms with Gasteiger partial charge in [0.05, 0.1) is 0 Å². The van der Waals surface area contributed by atoms with Crippen LogP contribution < -0.4 is 5.32 Å². The molecular weight excluding hydrogens is 202 g/mol. The van der Waals surface area contributed by atoms with Crippen LogP contribution in [0.5, 0.6) is 0 Å². The maximum absolute atomic E-state index is 5.28. The quantitative estimate of drug-likeness (QED) is 0.845. The largest absolute Gasteiger partial charge is 0.339 e. The Balaban J connectivity index is 1.86. The molecule has 0 amide bonds. The molecule has 0 aromatic carbocycles. The lowest BCUT2D eigenvalue weighted by molar-refractivity contribution is 0.314. The molecule has 0 spiro atoms. The van der Waals surface area contributed by atoms with Crippen LogP contribution in [0.15, 0.2) is 4.52 Å². The summed E-state index contributed by atoms with van der Waals surface area (Å²) in [6.07, 6.45) is 4.37. The van der Waals surface area contributed by atoms with Gasteiger partial charge in [-0.1, -0.05) is 19.0 Å². The molecule has 1 saturated heterocycles. The van der Waals surface area contributed by atoms with E-state index in [0.717, 1.165) is 37.6 Å². The highest BCUT2D eigenvalue weighted by molar-refractivity contribution is 4.89. The summed E-state index contributed by atoms with van der Waals surface area (Å²) in [6.45, 7) is 6.57. The van der Waals surface area contributed by atoms with E-state index in [9.17, 15) is 0 Å². The Morgan fingerprint density at radius 3 is 3.06 bits per heavy atom. The summed E-state index contributed by atoms with van der Waals surface area (Å²) in [5.74, 6) is 2.92. The molecule has 1 fully saturated rings. The maximum atomic E-state index is 5.28. The van der Waals surface area contributed by atoms with Crippen molar-refractivity contribution in [2.75, 3.05) is 13.1 Å². The summed E-state index contributed by atoms with van der Waals surface area (Å²) in [5, 5.41) is 7.42. The van der Waals surface area contributed by atoms with Gasteiger partial charge in [-0.15, -0.1) is 0 Å². The molecule has 16 heavy (non-hydrogen) atoms. The van der Waals surface area contributed by atoms with Crippen LogP contribution in [-0.2, 0) is 12.8 Å². The molecule has 1 N–H and O–H groups in total. The van der Waals surface area contributed by atoms with E-state index in [1.165, 1.54) is 12.8 Å². The number of nitrogens with zero attached hydrogens (tertiary/aromatic N) is 2. The van der Waals surface area contributed by atoms with Gasteiger partial charge in [-0.3, -0.25) is 0 Å². The van der Waals surface area contributed by atoms with Crippen molar-refractivity contribution >= 4 is 0 Å². The Morgan fingerprint density at radius 1 is 1.50 bits per heavy atom. The van der Waals surface area contributed by atoms with Crippen LogP contribution in [0.3, 0.4) is 0 Å². The zero-order valence-corrected chi connectivity index (χ0v) is 10.2. The molecule has 1 aromatic rings. The highest BCUT2D eigenvalue weighted by Gasteiger charge is 2.17. The summed E-state index contributed by atoms with van der Waals surface area (Å²) in [6, 6.07) is 0. The van der Waals surface area contributed by atoms with Crippen molar-refractivity contribution < 1.29 is 4.52 Å². The molecule has 4 nitrogen and oxygen atoms in total. The topological polar surface area (TPSA) is 51.0 Å². The molecule has 1 aliphatic rings. The smallest absolute Gasteiger partial charge is 0.226 e. The van der Waals surface area contributed by atoms with E-state index in [2.05, 4.69) is 29.3 Å². The molecule has 1 atom stereocenters. The predicted octanol–water partition coefficient (Wildman–Crippen LogP) is 1.81. The number of piperidine rings is 1. The van der Waals surface area contributed by atoms with Gasteiger partial charge in [0.1, 0.15) is 0 Å². The Morgan fingerprint density at radius 2 is 2.38 bits per heavy atom. The molecule has 0 saturated carbocycles. The molecule has 90 valence electrons. The van der Waals surface area contributed by atoms with Crippen LogP contribution in [0.1, 0.15) is 38.4 Å². The van der Waals surface area contributed by atoms with Crippen molar-refractivity contribution in [2.24, 2.45) is 11.8 Å². The van der Waals surface area contributed by atoms with Crippen LogP contribution >= 0.6 is 0 Å². The molecular formula is C12H21N3O. The van der Waals surface area contributed by atoms with Crippen LogP contribution in [0.25, 0.3) is 0 Å². The Hall–Kier alpha value is -0.900. The van der Waals surface area contributed by atoms with Gasteiger partial charge in [-0.2, -0.15) is 4.98 Å². The summed E-state index contributed by atoms with van der Waals surface area (Å²) >= 11 is 0. The molecule has 0 bridgehead atoms. The first-order chi connectivity index (χ1) is 7.74. The van der Waals surface area contributed by atoms with E-state index in [-0.39, 0.29) is 0 Å². The second-order valence-corrected chi connectivity index (χ2v) is 5.12. The van der Waals surface area contributed by atoms with E-state index < -0.39 is 0 Å². The van der Waals surface area contributed by atoms with Gasteiger partial charge in [0, 0.05) is 12.8 Å². The molecule has 2 rings (SSSR count). The Kier molecular flexibility index (Phi) is 3.93. The van der Waals surface area contributed by atoms with Crippen molar-refractivity contribution in [2.45, 2.75) is 39.5 Å².